The third kappa shape index (κ3) is 13.2. The Hall–Kier alpha value is 0.160. The molecule has 0 fully saturated rings. The van der Waals surface area contributed by atoms with Crippen molar-refractivity contribution in [3.8, 4) is 0 Å². The fraction of sp³-hybridized carbons (Fsp3) is 0.960. The normalized spacial score (nSPS) is 12.1. The molecule has 0 atom stereocenters. The van der Waals surface area contributed by atoms with E-state index in [1.165, 1.54) is 116 Å². The largest absolute Gasteiger partial charge is 1.00 e. The number of guanidine groups is 1. The second-order valence-corrected chi connectivity index (χ2v) is 8.61. The number of halogens is 1. The number of hydrogen-bond acceptors (Lipinski definition) is 1. The van der Waals surface area contributed by atoms with Gasteiger partial charge in [-0.05, 0) is 38.5 Å². The average molecular weight is 524 g/mol. The number of unbranched alkanes of at least 4 members (excludes halogenated alkanes) is 6. The fourth-order valence-corrected chi connectivity index (χ4v) is 3.91. The molecule has 0 spiro atoms. The van der Waals surface area contributed by atoms with Gasteiger partial charge < -0.3 is 28.9 Å². The van der Waals surface area contributed by atoms with Crippen LogP contribution in [0.2, 0.25) is 0 Å². The molecule has 0 unspecified atom stereocenters. The summed E-state index contributed by atoms with van der Waals surface area (Å²) in [7, 11) is 0. The maximum Gasteiger partial charge on any atom is 0.300 e. The summed E-state index contributed by atoms with van der Waals surface area (Å²) in [5.74, 6) is 1.45. The van der Waals surface area contributed by atoms with Crippen molar-refractivity contribution in [2.24, 2.45) is 4.99 Å². The van der Waals surface area contributed by atoms with Gasteiger partial charge in [-0.1, -0.05) is 80.1 Å². The van der Waals surface area contributed by atoms with Crippen LogP contribution in [-0.4, -0.2) is 54.6 Å². The Bertz CT molecular complexity index is 341. The first-order chi connectivity index (χ1) is 13.7. The van der Waals surface area contributed by atoms with E-state index in [-0.39, 0.29) is 24.0 Å². The predicted molar refractivity (Wildman–Crippen MR) is 128 cm³/mol. The highest BCUT2D eigenvalue weighted by Gasteiger charge is 2.36. The molecule has 0 aromatic rings. The summed E-state index contributed by atoms with van der Waals surface area (Å²) in [6, 6.07) is 0. The van der Waals surface area contributed by atoms with Crippen molar-refractivity contribution in [1.82, 2.24) is 4.90 Å². The zero-order valence-corrected chi connectivity index (χ0v) is 23.1. The lowest BCUT2D eigenvalue weighted by molar-refractivity contribution is -0.848. The molecule has 0 aromatic carbocycles. The first-order valence-electron chi connectivity index (χ1n) is 12.8. The van der Waals surface area contributed by atoms with Crippen LogP contribution in [0.5, 0.6) is 0 Å². The Morgan fingerprint density at radius 2 is 0.966 bits per heavy atom. The van der Waals surface area contributed by atoms with Gasteiger partial charge in [0.05, 0.1) is 19.6 Å². The minimum atomic E-state index is 0. The van der Waals surface area contributed by atoms with Crippen LogP contribution in [0.25, 0.3) is 0 Å². The minimum absolute atomic E-state index is 0. The zero-order valence-electron chi connectivity index (χ0n) is 20.9. The highest BCUT2D eigenvalue weighted by Crippen LogP contribution is 2.20. The van der Waals surface area contributed by atoms with Crippen LogP contribution in [0.4, 0.5) is 0 Å². The van der Waals surface area contributed by atoms with Gasteiger partial charge in [-0.15, -0.1) is 0 Å². The van der Waals surface area contributed by atoms with E-state index < -0.39 is 0 Å². The van der Waals surface area contributed by atoms with Gasteiger partial charge in [0.25, 0.3) is 5.96 Å². The third-order valence-corrected chi connectivity index (χ3v) is 5.85. The monoisotopic (exact) mass is 523 g/mol. The lowest BCUT2D eigenvalue weighted by Crippen LogP contribution is -3.00. The number of hydrogen-bond donors (Lipinski definition) is 0. The van der Waals surface area contributed by atoms with Gasteiger partial charge in [-0.2, -0.15) is 0 Å². The number of quaternary nitrogens is 1. The van der Waals surface area contributed by atoms with Crippen LogP contribution < -0.4 is 24.0 Å². The van der Waals surface area contributed by atoms with Crippen LogP contribution in [0.15, 0.2) is 4.99 Å². The maximum absolute atomic E-state index is 5.37. The van der Waals surface area contributed by atoms with Crippen molar-refractivity contribution in [3.05, 3.63) is 0 Å². The minimum Gasteiger partial charge on any atom is -1.00 e. The first-order valence-corrected chi connectivity index (χ1v) is 12.8. The summed E-state index contributed by atoms with van der Waals surface area (Å²) in [6.07, 6.45) is 15.3. The molecule has 0 bridgehead atoms. The summed E-state index contributed by atoms with van der Waals surface area (Å²) in [4.78, 5) is 8.08. The maximum atomic E-state index is 5.37. The number of aliphatic imine (C=N–C) groups is 1. The second kappa shape index (κ2) is 21.4. The summed E-state index contributed by atoms with van der Waals surface area (Å²) >= 11 is 0. The molecule has 0 amide bonds. The van der Waals surface area contributed by atoms with Crippen LogP contribution in [0.3, 0.4) is 0 Å². The second-order valence-electron chi connectivity index (χ2n) is 8.61. The Labute approximate surface area is 201 Å². The molecule has 0 aliphatic heterocycles. The van der Waals surface area contributed by atoms with Crippen LogP contribution in [0.1, 0.15) is 119 Å². The van der Waals surface area contributed by atoms with Gasteiger partial charge in [0.1, 0.15) is 0 Å². The lowest BCUT2D eigenvalue weighted by atomic mass is 10.1. The van der Waals surface area contributed by atoms with Crippen LogP contribution in [0, 0.1) is 0 Å². The molecular weight excluding hydrogens is 469 g/mol. The molecule has 0 aliphatic carbocycles. The number of nitrogens with zero attached hydrogens (tertiary/aromatic N) is 3. The molecule has 0 radical (unpaired) electrons. The van der Waals surface area contributed by atoms with E-state index in [4.69, 9.17) is 4.99 Å². The molecule has 3 nitrogen and oxygen atoms in total. The Morgan fingerprint density at radius 3 is 1.31 bits per heavy atom. The molecule has 0 rings (SSSR count). The van der Waals surface area contributed by atoms with Gasteiger partial charge >= 0.3 is 0 Å². The van der Waals surface area contributed by atoms with Crippen molar-refractivity contribution in [2.75, 3.05) is 39.3 Å². The molecule has 0 aromatic heterocycles. The summed E-state index contributed by atoms with van der Waals surface area (Å²) < 4.78 is 1.15. The molecule has 0 heterocycles. The van der Waals surface area contributed by atoms with Gasteiger partial charge in [0.2, 0.25) is 0 Å². The van der Waals surface area contributed by atoms with Crippen molar-refractivity contribution in [1.29, 1.82) is 0 Å². The Kier molecular flexibility index (Phi) is 23.1. The van der Waals surface area contributed by atoms with Crippen LogP contribution >= 0.6 is 0 Å². The highest BCUT2D eigenvalue weighted by molar-refractivity contribution is 5.73. The Balaban J connectivity index is 0. The molecule has 29 heavy (non-hydrogen) atoms. The molecule has 0 aliphatic rings. The lowest BCUT2D eigenvalue weighted by Gasteiger charge is -2.43. The molecule has 0 saturated heterocycles. The summed E-state index contributed by atoms with van der Waals surface area (Å²) in [5.41, 5.74) is 0. The summed E-state index contributed by atoms with van der Waals surface area (Å²) in [5, 5.41) is 0. The van der Waals surface area contributed by atoms with E-state index in [1.807, 2.05) is 0 Å². The topological polar surface area (TPSA) is 15.6 Å². The molecule has 0 N–H and O–H groups in total. The highest BCUT2D eigenvalue weighted by atomic mass is 127. The van der Waals surface area contributed by atoms with Gasteiger partial charge in [-0.25, -0.2) is 4.99 Å². The van der Waals surface area contributed by atoms with E-state index in [9.17, 15) is 0 Å². The quantitative estimate of drug-likeness (QED) is 0.0862. The fourth-order valence-electron chi connectivity index (χ4n) is 3.91. The zero-order chi connectivity index (χ0) is 21.1. The molecular formula is C25H54IN3. The van der Waals surface area contributed by atoms with E-state index in [1.54, 1.807) is 0 Å². The van der Waals surface area contributed by atoms with Crippen molar-refractivity contribution in [3.63, 3.8) is 0 Å². The van der Waals surface area contributed by atoms with Gasteiger partial charge in [0, 0.05) is 19.6 Å². The van der Waals surface area contributed by atoms with Gasteiger partial charge in [0.15, 0.2) is 0 Å². The standard InChI is InChI=1S/C25H54N3.HI/c1-7-13-19-26-25(27(20-14-8-2)21-15-9-3)28(22-16-10-4,23-17-11-5)24-18-12-6;/h7-24H2,1-6H3;1H/q+1;/p-1. The van der Waals surface area contributed by atoms with E-state index in [0.717, 1.165) is 11.0 Å². The van der Waals surface area contributed by atoms with E-state index in [0.29, 0.717) is 0 Å². The third-order valence-electron chi connectivity index (χ3n) is 5.85. The van der Waals surface area contributed by atoms with Crippen molar-refractivity contribution < 1.29 is 28.5 Å². The SMILES string of the molecule is CCCCN=C(N(CCCC)CCCC)[N+](CCCC)(CCCC)CCCC.[I-]. The summed E-state index contributed by atoms with van der Waals surface area (Å²) in [6.45, 7) is 21.1. The molecule has 176 valence electrons. The molecule has 0 saturated carbocycles. The first kappa shape index (κ1) is 31.3. The van der Waals surface area contributed by atoms with E-state index >= 15 is 0 Å². The average Bonchev–Trinajstić information content (AvgIpc) is 2.72. The number of rotatable bonds is 18. The van der Waals surface area contributed by atoms with Gasteiger partial charge in [-0.3, -0.25) is 4.48 Å². The van der Waals surface area contributed by atoms with Crippen molar-refractivity contribution >= 4 is 5.96 Å². The Morgan fingerprint density at radius 1 is 0.586 bits per heavy atom. The molecule has 4 heteroatoms. The smallest absolute Gasteiger partial charge is 0.300 e. The predicted octanol–water partition coefficient (Wildman–Crippen LogP) is 4.27. The van der Waals surface area contributed by atoms with Crippen LogP contribution in [-0.2, 0) is 0 Å². The van der Waals surface area contributed by atoms with E-state index in [2.05, 4.69) is 46.4 Å². The van der Waals surface area contributed by atoms with Crippen molar-refractivity contribution in [2.45, 2.75) is 119 Å².